The van der Waals surface area contributed by atoms with Gasteiger partial charge in [0.15, 0.2) is 0 Å². The molecular formula is C16H13NO. The lowest BCUT2D eigenvalue weighted by Gasteiger charge is -2.09. The summed E-state index contributed by atoms with van der Waals surface area (Å²) >= 11 is 0. The minimum atomic E-state index is -0.917. The minimum absolute atomic E-state index is 0.155. The van der Waals surface area contributed by atoms with Crippen LogP contribution < -0.4 is 0 Å². The van der Waals surface area contributed by atoms with E-state index in [0.717, 1.165) is 11.1 Å². The molecule has 0 aliphatic rings. The van der Waals surface area contributed by atoms with Crippen LogP contribution in [0.5, 0.6) is 0 Å². The first-order chi connectivity index (χ1) is 8.72. The number of rotatable bonds is 3. The number of hydrogen-bond acceptors (Lipinski definition) is 2. The van der Waals surface area contributed by atoms with Gasteiger partial charge in [-0.15, -0.1) is 0 Å². The van der Waals surface area contributed by atoms with Crippen molar-refractivity contribution >= 4 is 0 Å². The highest BCUT2D eigenvalue weighted by molar-refractivity contribution is 5.63. The molecule has 0 aromatic heterocycles. The second kappa shape index (κ2) is 5.31. The van der Waals surface area contributed by atoms with Crippen LogP contribution in [0.4, 0.5) is 0 Å². The molecule has 0 saturated heterocycles. The second-order valence-corrected chi connectivity index (χ2v) is 4.03. The summed E-state index contributed by atoms with van der Waals surface area (Å²) in [6.07, 6.45) is -0.917. The van der Waals surface area contributed by atoms with Crippen LogP contribution >= 0.6 is 0 Å². The predicted octanol–water partition coefficient (Wildman–Crippen LogP) is 3.47. The maximum Gasteiger partial charge on any atom is 0.113 e. The lowest BCUT2D eigenvalue weighted by atomic mass is 9.99. The summed E-state index contributed by atoms with van der Waals surface area (Å²) in [5, 5.41) is 18.5. The molecule has 18 heavy (non-hydrogen) atoms. The highest BCUT2D eigenvalue weighted by Gasteiger charge is 2.10. The van der Waals surface area contributed by atoms with Gasteiger partial charge in [-0.2, -0.15) is 5.26 Å². The van der Waals surface area contributed by atoms with Crippen molar-refractivity contribution in [2.24, 2.45) is 0 Å². The molecule has 2 nitrogen and oxygen atoms in total. The van der Waals surface area contributed by atoms with Gasteiger partial charge in [-0.05, 0) is 16.7 Å². The molecule has 0 amide bonds. The fraction of sp³-hybridized carbons (Fsp3) is 0.0625. The third-order valence-electron chi connectivity index (χ3n) is 2.81. The van der Waals surface area contributed by atoms with E-state index in [1.54, 1.807) is 0 Å². The predicted molar refractivity (Wildman–Crippen MR) is 71.6 cm³/mol. The zero-order valence-electron chi connectivity index (χ0n) is 9.88. The van der Waals surface area contributed by atoms with Crippen molar-refractivity contribution in [3.8, 4) is 17.2 Å². The van der Waals surface area contributed by atoms with Crippen LogP contribution in [0.25, 0.3) is 11.1 Å². The number of aliphatic hydroxyl groups is 1. The summed E-state index contributed by atoms with van der Waals surface area (Å²) in [5.41, 5.74) is 3.04. The Bertz CT molecular complexity index is 579. The molecule has 0 radical (unpaired) electrons. The first kappa shape index (κ1) is 12.1. The number of nitriles is 1. The van der Waals surface area contributed by atoms with Gasteiger partial charge in [-0.3, -0.25) is 0 Å². The maximum absolute atomic E-state index is 9.83. The molecule has 0 heterocycles. The van der Waals surface area contributed by atoms with Crippen LogP contribution in [0, 0.1) is 11.3 Å². The number of hydrogen-bond donors (Lipinski definition) is 1. The van der Waals surface area contributed by atoms with Crippen molar-refractivity contribution in [1.29, 1.82) is 5.26 Å². The number of nitrogens with zero attached hydrogens (tertiary/aromatic N) is 1. The Hall–Kier alpha value is -2.37. The summed E-state index contributed by atoms with van der Waals surface area (Å²) < 4.78 is 0. The van der Waals surface area contributed by atoms with E-state index in [1.807, 2.05) is 60.7 Å². The van der Waals surface area contributed by atoms with Crippen molar-refractivity contribution in [3.63, 3.8) is 0 Å². The van der Waals surface area contributed by atoms with Crippen molar-refractivity contribution in [2.75, 3.05) is 0 Å². The van der Waals surface area contributed by atoms with Crippen LogP contribution in [-0.2, 0) is 0 Å². The molecule has 1 N–H and O–H groups in total. The summed E-state index contributed by atoms with van der Waals surface area (Å²) in [7, 11) is 0. The third kappa shape index (κ3) is 2.48. The smallest absolute Gasteiger partial charge is 0.113 e. The lowest BCUT2D eigenvalue weighted by molar-refractivity contribution is 0.221. The van der Waals surface area contributed by atoms with Gasteiger partial charge in [0.25, 0.3) is 0 Å². The fourth-order valence-electron chi connectivity index (χ4n) is 1.75. The highest BCUT2D eigenvalue weighted by Crippen LogP contribution is 2.24. The molecule has 0 spiro atoms. The van der Waals surface area contributed by atoms with E-state index in [-0.39, 0.29) is 5.57 Å². The van der Waals surface area contributed by atoms with Crippen molar-refractivity contribution in [3.05, 3.63) is 72.3 Å². The minimum Gasteiger partial charge on any atom is -0.383 e. The number of benzene rings is 2. The van der Waals surface area contributed by atoms with E-state index in [4.69, 9.17) is 5.26 Å². The molecule has 2 rings (SSSR count). The zero-order chi connectivity index (χ0) is 13.0. The maximum atomic E-state index is 9.83. The van der Waals surface area contributed by atoms with Crippen LogP contribution in [-0.4, -0.2) is 5.11 Å². The van der Waals surface area contributed by atoms with Gasteiger partial charge in [0.2, 0.25) is 0 Å². The molecule has 2 heteroatoms. The normalized spacial score (nSPS) is 11.6. The Morgan fingerprint density at radius 1 is 1.00 bits per heavy atom. The second-order valence-electron chi connectivity index (χ2n) is 4.03. The average Bonchev–Trinajstić information content (AvgIpc) is 2.47. The quantitative estimate of drug-likeness (QED) is 0.828. The lowest BCUT2D eigenvalue weighted by Crippen LogP contribution is -1.98. The Morgan fingerprint density at radius 2 is 1.56 bits per heavy atom. The van der Waals surface area contributed by atoms with E-state index in [2.05, 4.69) is 6.58 Å². The topological polar surface area (TPSA) is 44.0 Å². The first-order valence-corrected chi connectivity index (χ1v) is 5.64. The molecule has 0 bridgehead atoms. The molecule has 0 aliphatic carbocycles. The van der Waals surface area contributed by atoms with Gasteiger partial charge < -0.3 is 5.11 Å². The number of aliphatic hydroxyl groups excluding tert-OH is 1. The van der Waals surface area contributed by atoms with E-state index in [0.29, 0.717) is 5.56 Å². The summed E-state index contributed by atoms with van der Waals surface area (Å²) in [5.74, 6) is 0. The third-order valence-corrected chi connectivity index (χ3v) is 2.81. The van der Waals surface area contributed by atoms with Gasteiger partial charge in [0.1, 0.15) is 6.10 Å². The monoisotopic (exact) mass is 235 g/mol. The highest BCUT2D eigenvalue weighted by atomic mass is 16.3. The molecule has 88 valence electrons. The molecule has 1 atom stereocenters. The Kier molecular flexibility index (Phi) is 3.57. The molecular weight excluding hydrogens is 222 g/mol. The van der Waals surface area contributed by atoms with Crippen molar-refractivity contribution in [2.45, 2.75) is 6.10 Å². The van der Waals surface area contributed by atoms with E-state index in [1.165, 1.54) is 0 Å². The molecule has 1 unspecified atom stereocenters. The van der Waals surface area contributed by atoms with Crippen LogP contribution in [0.1, 0.15) is 11.7 Å². The Morgan fingerprint density at radius 3 is 2.11 bits per heavy atom. The van der Waals surface area contributed by atoms with Gasteiger partial charge >= 0.3 is 0 Å². The van der Waals surface area contributed by atoms with E-state index in [9.17, 15) is 5.11 Å². The van der Waals surface area contributed by atoms with Gasteiger partial charge in [-0.1, -0.05) is 61.2 Å². The van der Waals surface area contributed by atoms with Gasteiger partial charge in [0, 0.05) is 0 Å². The summed E-state index contributed by atoms with van der Waals surface area (Å²) in [6.45, 7) is 3.52. The molecule has 2 aromatic rings. The summed E-state index contributed by atoms with van der Waals surface area (Å²) in [6, 6.07) is 19.3. The average molecular weight is 235 g/mol. The Labute approximate surface area is 106 Å². The van der Waals surface area contributed by atoms with E-state index >= 15 is 0 Å². The molecule has 0 aliphatic heterocycles. The molecule has 0 saturated carbocycles. The first-order valence-electron chi connectivity index (χ1n) is 5.64. The van der Waals surface area contributed by atoms with Crippen molar-refractivity contribution in [1.82, 2.24) is 0 Å². The van der Waals surface area contributed by atoms with Gasteiger partial charge in [0.05, 0.1) is 11.6 Å². The van der Waals surface area contributed by atoms with Crippen molar-refractivity contribution < 1.29 is 5.11 Å². The molecule has 2 aromatic carbocycles. The van der Waals surface area contributed by atoms with Gasteiger partial charge in [-0.25, -0.2) is 0 Å². The van der Waals surface area contributed by atoms with Crippen LogP contribution in [0.3, 0.4) is 0 Å². The Balaban J connectivity index is 2.26. The fourth-order valence-corrected chi connectivity index (χ4v) is 1.75. The zero-order valence-corrected chi connectivity index (χ0v) is 9.88. The van der Waals surface area contributed by atoms with E-state index < -0.39 is 6.10 Å². The van der Waals surface area contributed by atoms with Crippen LogP contribution in [0.15, 0.2) is 66.7 Å². The van der Waals surface area contributed by atoms with Crippen LogP contribution in [0.2, 0.25) is 0 Å². The summed E-state index contributed by atoms with van der Waals surface area (Å²) in [4.78, 5) is 0. The SMILES string of the molecule is C=C(C#N)C(O)c1ccc(-c2ccccc2)cc1. The molecule has 0 fully saturated rings. The largest absolute Gasteiger partial charge is 0.383 e. The standard InChI is InChI=1S/C16H13NO/c1-12(11-17)16(18)15-9-7-14(8-10-15)13-5-3-2-4-6-13/h2-10,16,18H,1H2.